The Balaban J connectivity index is 2.92. The summed E-state index contributed by atoms with van der Waals surface area (Å²) in [5, 5.41) is 0. The first-order valence-corrected chi connectivity index (χ1v) is 3.99. The Morgan fingerprint density at radius 3 is 2.23 bits per heavy atom. The number of ketones is 1. The van der Waals surface area contributed by atoms with Crippen molar-refractivity contribution in [3.8, 4) is 5.75 Å². The standard InChI is InChI=1S/C11H12O2/c1-8(9(2)12)10-4-6-11(13-3)7-5-10/h4-7H,1H2,2-3H3. The van der Waals surface area contributed by atoms with Gasteiger partial charge >= 0.3 is 0 Å². The lowest BCUT2D eigenvalue weighted by atomic mass is 10.0. The minimum atomic E-state index is -0.00910. The average molecular weight is 176 g/mol. The molecule has 2 nitrogen and oxygen atoms in total. The van der Waals surface area contributed by atoms with E-state index >= 15 is 0 Å². The van der Waals surface area contributed by atoms with Gasteiger partial charge in [-0.2, -0.15) is 0 Å². The van der Waals surface area contributed by atoms with Crippen molar-refractivity contribution in [3.05, 3.63) is 36.4 Å². The monoisotopic (exact) mass is 176 g/mol. The number of ether oxygens (including phenoxy) is 1. The van der Waals surface area contributed by atoms with E-state index in [1.807, 2.05) is 24.3 Å². The topological polar surface area (TPSA) is 26.3 Å². The van der Waals surface area contributed by atoms with Crippen molar-refractivity contribution in [2.24, 2.45) is 0 Å². The van der Waals surface area contributed by atoms with E-state index in [9.17, 15) is 4.79 Å². The van der Waals surface area contributed by atoms with E-state index < -0.39 is 0 Å². The summed E-state index contributed by atoms with van der Waals surface area (Å²) in [6.45, 7) is 5.20. The van der Waals surface area contributed by atoms with Crippen LogP contribution in [0.1, 0.15) is 12.5 Å². The maximum absolute atomic E-state index is 11.0. The van der Waals surface area contributed by atoms with Crippen molar-refractivity contribution >= 4 is 11.4 Å². The van der Waals surface area contributed by atoms with Crippen molar-refractivity contribution in [2.45, 2.75) is 6.92 Å². The predicted octanol–water partition coefficient (Wildman–Crippen LogP) is 2.30. The van der Waals surface area contributed by atoms with Gasteiger partial charge in [-0.1, -0.05) is 18.7 Å². The molecule has 0 N–H and O–H groups in total. The third-order valence-electron chi connectivity index (χ3n) is 1.86. The molecule has 0 atom stereocenters. The first-order valence-electron chi connectivity index (χ1n) is 3.99. The van der Waals surface area contributed by atoms with Crippen LogP contribution in [0.3, 0.4) is 0 Å². The number of carbonyl (C=O) groups is 1. The second-order valence-electron chi connectivity index (χ2n) is 2.76. The summed E-state index contributed by atoms with van der Waals surface area (Å²) < 4.78 is 4.99. The highest BCUT2D eigenvalue weighted by Gasteiger charge is 2.03. The van der Waals surface area contributed by atoms with Gasteiger partial charge in [0.2, 0.25) is 0 Å². The molecule has 0 radical (unpaired) electrons. The van der Waals surface area contributed by atoms with Gasteiger partial charge in [-0.25, -0.2) is 0 Å². The molecule has 0 aliphatic heterocycles. The van der Waals surface area contributed by atoms with Crippen LogP contribution in [0.5, 0.6) is 5.75 Å². The Hall–Kier alpha value is -1.57. The molecule has 13 heavy (non-hydrogen) atoms. The van der Waals surface area contributed by atoms with Gasteiger partial charge in [-0.15, -0.1) is 0 Å². The molecular weight excluding hydrogens is 164 g/mol. The van der Waals surface area contributed by atoms with Crippen LogP contribution in [0.25, 0.3) is 5.57 Å². The van der Waals surface area contributed by atoms with Crippen LogP contribution in [-0.2, 0) is 4.79 Å². The van der Waals surface area contributed by atoms with E-state index in [4.69, 9.17) is 4.74 Å². The van der Waals surface area contributed by atoms with Gasteiger partial charge in [0.1, 0.15) is 5.75 Å². The number of benzene rings is 1. The lowest BCUT2D eigenvalue weighted by Crippen LogP contribution is -1.93. The number of hydrogen-bond donors (Lipinski definition) is 0. The number of allylic oxidation sites excluding steroid dienone is 1. The molecule has 1 rings (SSSR count). The van der Waals surface area contributed by atoms with Gasteiger partial charge in [0, 0.05) is 5.57 Å². The zero-order valence-electron chi connectivity index (χ0n) is 7.83. The fourth-order valence-electron chi connectivity index (χ4n) is 0.995. The fourth-order valence-corrected chi connectivity index (χ4v) is 0.995. The van der Waals surface area contributed by atoms with Crippen molar-refractivity contribution in [2.75, 3.05) is 7.11 Å². The minimum Gasteiger partial charge on any atom is -0.497 e. The van der Waals surface area contributed by atoms with Crippen molar-refractivity contribution in [3.63, 3.8) is 0 Å². The number of carbonyl (C=O) groups excluding carboxylic acids is 1. The maximum Gasteiger partial charge on any atom is 0.159 e. The summed E-state index contributed by atoms with van der Waals surface area (Å²) in [6.07, 6.45) is 0. The molecule has 1 aromatic carbocycles. The summed E-state index contributed by atoms with van der Waals surface area (Å²) in [6, 6.07) is 7.26. The Morgan fingerprint density at radius 2 is 1.85 bits per heavy atom. The summed E-state index contributed by atoms with van der Waals surface area (Å²) in [5.74, 6) is 0.769. The molecule has 0 spiro atoms. The Kier molecular flexibility index (Phi) is 2.85. The van der Waals surface area contributed by atoms with Gasteiger partial charge in [-0.05, 0) is 24.6 Å². The van der Waals surface area contributed by atoms with Crippen molar-refractivity contribution < 1.29 is 9.53 Å². The van der Waals surface area contributed by atoms with Gasteiger partial charge in [-0.3, -0.25) is 4.79 Å². The van der Waals surface area contributed by atoms with E-state index in [1.54, 1.807) is 7.11 Å². The highest BCUT2D eigenvalue weighted by atomic mass is 16.5. The van der Waals surface area contributed by atoms with Crippen LogP contribution >= 0.6 is 0 Å². The van der Waals surface area contributed by atoms with E-state index in [-0.39, 0.29) is 5.78 Å². The highest BCUT2D eigenvalue weighted by Crippen LogP contribution is 2.17. The molecule has 0 aromatic heterocycles. The summed E-state index contributed by atoms with van der Waals surface area (Å²) in [4.78, 5) is 11.0. The van der Waals surface area contributed by atoms with Crippen LogP contribution in [0.2, 0.25) is 0 Å². The zero-order chi connectivity index (χ0) is 9.84. The molecule has 0 bridgehead atoms. The molecule has 0 unspecified atom stereocenters. The highest BCUT2D eigenvalue weighted by molar-refractivity contribution is 6.18. The maximum atomic E-state index is 11.0. The smallest absolute Gasteiger partial charge is 0.159 e. The second kappa shape index (κ2) is 3.90. The van der Waals surface area contributed by atoms with Crippen LogP contribution in [0.4, 0.5) is 0 Å². The average Bonchev–Trinajstić information content (AvgIpc) is 2.17. The second-order valence-corrected chi connectivity index (χ2v) is 2.76. The largest absolute Gasteiger partial charge is 0.497 e. The number of methoxy groups -OCH3 is 1. The molecule has 0 saturated heterocycles. The van der Waals surface area contributed by atoms with Gasteiger partial charge in [0.15, 0.2) is 5.78 Å². The predicted molar refractivity (Wildman–Crippen MR) is 52.7 cm³/mol. The van der Waals surface area contributed by atoms with Gasteiger partial charge in [0.05, 0.1) is 7.11 Å². The first-order chi connectivity index (χ1) is 6.15. The van der Waals surface area contributed by atoms with Crippen molar-refractivity contribution in [1.29, 1.82) is 0 Å². The molecule has 0 heterocycles. The van der Waals surface area contributed by atoms with Crippen LogP contribution in [-0.4, -0.2) is 12.9 Å². The summed E-state index contributed by atoms with van der Waals surface area (Å²) in [5.41, 5.74) is 1.37. The van der Waals surface area contributed by atoms with E-state index in [0.29, 0.717) is 5.57 Å². The molecule has 2 heteroatoms. The van der Waals surface area contributed by atoms with E-state index in [2.05, 4.69) is 6.58 Å². The Bertz CT molecular complexity index is 322. The molecule has 68 valence electrons. The molecule has 1 aromatic rings. The van der Waals surface area contributed by atoms with Crippen LogP contribution in [0, 0.1) is 0 Å². The molecule has 0 fully saturated rings. The third kappa shape index (κ3) is 2.18. The normalized spacial score (nSPS) is 9.38. The molecular formula is C11H12O2. The fraction of sp³-hybridized carbons (Fsp3) is 0.182. The Labute approximate surface area is 77.8 Å². The van der Waals surface area contributed by atoms with Crippen LogP contribution in [0.15, 0.2) is 30.8 Å². The molecule has 0 saturated carbocycles. The van der Waals surface area contributed by atoms with Crippen LogP contribution < -0.4 is 4.74 Å². The lowest BCUT2D eigenvalue weighted by Gasteiger charge is -2.03. The third-order valence-corrected chi connectivity index (χ3v) is 1.86. The zero-order valence-corrected chi connectivity index (χ0v) is 7.83. The molecule has 0 aliphatic carbocycles. The SMILES string of the molecule is C=C(C(C)=O)c1ccc(OC)cc1. The van der Waals surface area contributed by atoms with Crippen molar-refractivity contribution in [1.82, 2.24) is 0 Å². The number of hydrogen-bond acceptors (Lipinski definition) is 2. The molecule has 0 amide bonds. The summed E-state index contributed by atoms with van der Waals surface area (Å²) >= 11 is 0. The van der Waals surface area contributed by atoms with Gasteiger partial charge in [0.25, 0.3) is 0 Å². The minimum absolute atomic E-state index is 0.00910. The van der Waals surface area contributed by atoms with E-state index in [1.165, 1.54) is 6.92 Å². The number of Topliss-reactive ketones (excluding diaryl/α,β-unsaturated/α-hetero) is 1. The first kappa shape index (κ1) is 9.52. The van der Waals surface area contributed by atoms with Gasteiger partial charge < -0.3 is 4.74 Å². The molecule has 0 aliphatic rings. The Morgan fingerprint density at radius 1 is 1.31 bits per heavy atom. The summed E-state index contributed by atoms with van der Waals surface area (Å²) in [7, 11) is 1.61. The quantitative estimate of drug-likeness (QED) is 0.660. The van der Waals surface area contributed by atoms with E-state index in [0.717, 1.165) is 11.3 Å². The number of rotatable bonds is 3. The lowest BCUT2D eigenvalue weighted by molar-refractivity contribution is -0.111.